The molecule has 3 fully saturated rings. The van der Waals surface area contributed by atoms with E-state index in [4.69, 9.17) is 0 Å². The number of halogens is 2. The van der Waals surface area contributed by atoms with Crippen LogP contribution in [0.15, 0.2) is 42.5 Å². The smallest absolute Gasteiger partial charge is 0.276 e. The van der Waals surface area contributed by atoms with E-state index < -0.39 is 21.9 Å². The van der Waals surface area contributed by atoms with Crippen LogP contribution in [0.4, 0.5) is 20.2 Å². The van der Waals surface area contributed by atoms with Crippen LogP contribution in [0.3, 0.4) is 0 Å². The predicted molar refractivity (Wildman–Crippen MR) is 141 cm³/mol. The molecule has 6 rings (SSSR count). The fraction of sp³-hybridized carbons (Fsp3) is 0.552. The summed E-state index contributed by atoms with van der Waals surface area (Å²) < 4.78 is 56.9. The first-order valence-corrected chi connectivity index (χ1v) is 15.3. The van der Waals surface area contributed by atoms with Gasteiger partial charge in [0.05, 0.1) is 6.26 Å². The molecular weight excluding hydrogens is 494 g/mol. The normalized spacial score (nSPS) is 22.4. The van der Waals surface area contributed by atoms with Crippen molar-refractivity contribution in [3.8, 4) is 0 Å². The highest BCUT2D eigenvalue weighted by molar-refractivity contribution is 7.92. The Bertz CT molecular complexity index is 1340. The molecule has 2 aromatic rings. The molecule has 1 aliphatic heterocycles. The predicted octanol–water partition coefficient (Wildman–Crippen LogP) is 6.59. The van der Waals surface area contributed by atoms with Crippen molar-refractivity contribution in [1.82, 2.24) is 0 Å². The average molecular weight is 529 g/mol. The number of nitrogens with one attached hydrogen (secondary N) is 1. The zero-order chi connectivity index (χ0) is 26.1. The van der Waals surface area contributed by atoms with Crippen molar-refractivity contribution in [2.75, 3.05) is 22.4 Å². The van der Waals surface area contributed by atoms with Crippen molar-refractivity contribution in [3.63, 3.8) is 0 Å². The maximum atomic E-state index is 15.3. The van der Waals surface area contributed by atoms with Gasteiger partial charge in [-0.05, 0) is 92.7 Å². The molecule has 198 valence electrons. The minimum Gasteiger partial charge on any atom is -0.307 e. The fourth-order valence-electron chi connectivity index (χ4n) is 7.03. The number of hydrogen-bond donors (Lipinski definition) is 1. The summed E-state index contributed by atoms with van der Waals surface area (Å²) >= 11 is 0. The van der Waals surface area contributed by atoms with Crippen molar-refractivity contribution >= 4 is 27.3 Å². The van der Waals surface area contributed by atoms with Gasteiger partial charge in [-0.3, -0.25) is 9.52 Å². The summed E-state index contributed by atoms with van der Waals surface area (Å²) in [4.78, 5) is 15.6. The number of rotatable bonds is 5. The van der Waals surface area contributed by atoms with E-state index in [1.165, 1.54) is 25.0 Å². The van der Waals surface area contributed by atoms with Gasteiger partial charge in [-0.15, -0.1) is 0 Å². The number of carbonyl (C=O) groups is 1. The van der Waals surface area contributed by atoms with Gasteiger partial charge in [0.2, 0.25) is 10.0 Å². The third-order valence-electron chi connectivity index (χ3n) is 9.46. The van der Waals surface area contributed by atoms with Crippen LogP contribution in [0.5, 0.6) is 0 Å². The molecule has 3 saturated carbocycles. The molecule has 2 spiro atoms. The van der Waals surface area contributed by atoms with Gasteiger partial charge < -0.3 is 4.90 Å². The standard InChI is InChI=1S/C29H34F2N2O3S/c1-37(35,36)32-23-9-10-25-24(18-23)28(15-13-27(11-12-27)14-16-28)19-33(25)26(34)20-5-4-8-22(17-20)29(30,31)21-6-2-3-7-21/h4-5,8-10,17-18,21,32H,2-3,6-7,11-16,19H2,1H3. The van der Waals surface area contributed by atoms with Crippen molar-refractivity contribution < 1.29 is 22.0 Å². The number of fused-ring (bicyclic) bond motifs is 2. The number of nitrogens with zero attached hydrogens (tertiary/aromatic N) is 1. The molecule has 0 radical (unpaired) electrons. The molecule has 3 aliphatic carbocycles. The van der Waals surface area contributed by atoms with Crippen molar-refractivity contribution in [2.24, 2.45) is 11.3 Å². The Morgan fingerprint density at radius 3 is 2.32 bits per heavy atom. The highest BCUT2D eigenvalue weighted by Gasteiger charge is 2.54. The van der Waals surface area contributed by atoms with Crippen LogP contribution in [0.2, 0.25) is 0 Å². The molecule has 0 atom stereocenters. The number of benzene rings is 2. The molecule has 1 amide bonds. The van der Waals surface area contributed by atoms with E-state index in [1.54, 1.807) is 29.2 Å². The highest BCUT2D eigenvalue weighted by atomic mass is 32.2. The van der Waals surface area contributed by atoms with Gasteiger partial charge in [0.15, 0.2) is 0 Å². The van der Waals surface area contributed by atoms with Crippen LogP contribution in [0.25, 0.3) is 0 Å². The number of alkyl halides is 2. The highest BCUT2D eigenvalue weighted by Crippen LogP contribution is 2.62. The molecule has 0 saturated heterocycles. The fourth-order valence-corrected chi connectivity index (χ4v) is 7.59. The summed E-state index contributed by atoms with van der Waals surface area (Å²) in [5.41, 5.74) is 2.61. The Morgan fingerprint density at radius 1 is 1.00 bits per heavy atom. The number of amides is 1. The van der Waals surface area contributed by atoms with Crippen molar-refractivity contribution in [1.29, 1.82) is 0 Å². The molecule has 8 heteroatoms. The molecule has 37 heavy (non-hydrogen) atoms. The summed E-state index contributed by atoms with van der Waals surface area (Å²) in [6, 6.07) is 11.4. The molecule has 4 aliphatic rings. The van der Waals surface area contributed by atoms with Gasteiger partial charge >= 0.3 is 0 Å². The first-order chi connectivity index (χ1) is 17.5. The number of hydrogen-bond acceptors (Lipinski definition) is 3. The second-order valence-electron chi connectivity index (χ2n) is 12.0. The van der Waals surface area contributed by atoms with Crippen molar-refractivity contribution in [2.45, 2.75) is 75.5 Å². The summed E-state index contributed by atoms with van der Waals surface area (Å²) in [6.07, 6.45) is 10.4. The topological polar surface area (TPSA) is 66.5 Å². The lowest BCUT2D eigenvalue weighted by Gasteiger charge is -2.38. The maximum Gasteiger partial charge on any atom is 0.276 e. The zero-order valence-electron chi connectivity index (χ0n) is 21.2. The molecule has 2 aromatic carbocycles. The summed E-state index contributed by atoms with van der Waals surface area (Å²) in [7, 11) is -3.45. The average Bonchev–Trinajstić information content (AvgIpc) is 3.27. The van der Waals surface area contributed by atoms with Crippen LogP contribution in [0, 0.1) is 11.3 Å². The second-order valence-corrected chi connectivity index (χ2v) is 13.7. The minimum atomic E-state index is -3.45. The summed E-state index contributed by atoms with van der Waals surface area (Å²) in [5, 5.41) is 0. The van der Waals surface area contributed by atoms with Gasteiger partial charge in [0.25, 0.3) is 11.8 Å². The largest absolute Gasteiger partial charge is 0.307 e. The molecule has 0 bridgehead atoms. The first-order valence-electron chi connectivity index (χ1n) is 13.4. The lowest BCUT2D eigenvalue weighted by molar-refractivity contribution is -0.0626. The van der Waals surface area contributed by atoms with Crippen LogP contribution in [-0.2, 0) is 21.4 Å². The zero-order valence-corrected chi connectivity index (χ0v) is 22.0. The number of anilines is 2. The van der Waals surface area contributed by atoms with Gasteiger partial charge in [0.1, 0.15) is 0 Å². The Labute approximate surface area is 217 Å². The summed E-state index contributed by atoms with van der Waals surface area (Å²) in [5.74, 6) is -3.91. The molecule has 1 N–H and O–H groups in total. The van der Waals surface area contributed by atoms with E-state index in [0.717, 1.165) is 56.0 Å². The molecular formula is C29H34F2N2O3S. The van der Waals surface area contributed by atoms with E-state index in [-0.39, 0.29) is 22.4 Å². The quantitative estimate of drug-likeness (QED) is 0.476. The van der Waals surface area contributed by atoms with Gasteiger partial charge in [0, 0.05) is 40.4 Å². The Hall–Kier alpha value is -2.48. The van der Waals surface area contributed by atoms with Gasteiger partial charge in [-0.25, -0.2) is 17.2 Å². The van der Waals surface area contributed by atoms with Gasteiger partial charge in [-0.1, -0.05) is 25.0 Å². The van der Waals surface area contributed by atoms with E-state index in [2.05, 4.69) is 4.72 Å². The maximum absolute atomic E-state index is 15.3. The summed E-state index contributed by atoms with van der Waals surface area (Å²) in [6.45, 7) is 0.489. The first kappa shape index (κ1) is 24.8. The van der Waals surface area contributed by atoms with Crippen LogP contribution < -0.4 is 9.62 Å². The van der Waals surface area contributed by atoms with E-state index >= 15 is 8.78 Å². The van der Waals surface area contributed by atoms with E-state index in [9.17, 15) is 13.2 Å². The van der Waals surface area contributed by atoms with E-state index in [1.807, 2.05) is 6.07 Å². The molecule has 5 nitrogen and oxygen atoms in total. The van der Waals surface area contributed by atoms with Crippen LogP contribution in [0.1, 0.15) is 85.7 Å². The third-order valence-corrected chi connectivity index (χ3v) is 10.1. The van der Waals surface area contributed by atoms with Crippen molar-refractivity contribution in [3.05, 3.63) is 59.2 Å². The molecule has 0 unspecified atom stereocenters. The minimum absolute atomic E-state index is 0.0829. The lowest BCUT2D eigenvalue weighted by Crippen LogP contribution is -2.40. The number of sulfonamides is 1. The lowest BCUT2D eigenvalue weighted by atomic mass is 9.66. The Kier molecular flexibility index (Phi) is 5.72. The Morgan fingerprint density at radius 2 is 1.68 bits per heavy atom. The SMILES string of the molecule is CS(=O)(=O)Nc1ccc2c(c1)C1(CCC3(CC3)CC1)CN2C(=O)c1cccc(C(F)(F)C2CCCC2)c1. The van der Waals surface area contributed by atoms with Crippen LogP contribution in [-0.4, -0.2) is 27.1 Å². The molecule has 1 heterocycles. The molecule has 0 aromatic heterocycles. The van der Waals surface area contributed by atoms with Gasteiger partial charge in [-0.2, -0.15) is 0 Å². The monoisotopic (exact) mass is 528 g/mol. The third kappa shape index (κ3) is 4.45. The number of carbonyl (C=O) groups excluding carboxylic acids is 1. The van der Waals surface area contributed by atoms with E-state index in [0.29, 0.717) is 30.5 Å². The Balaban J connectivity index is 1.34. The second kappa shape index (κ2) is 8.52. The van der Waals surface area contributed by atoms with Crippen LogP contribution >= 0.6 is 0 Å².